The van der Waals surface area contributed by atoms with E-state index in [0.29, 0.717) is 6.42 Å². The molecule has 1 aliphatic rings. The second-order valence-corrected chi connectivity index (χ2v) is 6.11. The van der Waals surface area contributed by atoms with Crippen LogP contribution in [0.2, 0.25) is 0 Å². The molecular weight excluding hydrogens is 284 g/mol. The quantitative estimate of drug-likeness (QED) is 0.537. The van der Waals surface area contributed by atoms with Gasteiger partial charge in [-0.2, -0.15) is 0 Å². The average molecular weight is 309 g/mol. The summed E-state index contributed by atoms with van der Waals surface area (Å²) in [5.74, 6) is -1.87. The molecule has 1 heterocycles. The summed E-state index contributed by atoms with van der Waals surface area (Å²) < 4.78 is 14.7. The minimum Gasteiger partial charge on any atom is -0.457 e. The van der Waals surface area contributed by atoms with E-state index >= 15 is 0 Å². The van der Waals surface area contributed by atoms with E-state index in [1.807, 2.05) is 60.7 Å². The standard InChI is InChI=1S/C21H24O2/c1-2-3-6-15-18-19(16-11-7-4-8-12-16)20(23-21(18)22)17-13-9-5-10-14-17/h4-5,7-14,18-20H,2-3,6,15H2,1H3/t18-,19+,20+/m1/s1/i18D. The highest BCUT2D eigenvalue weighted by Gasteiger charge is 2.45. The Bertz CT molecular complexity index is 671. The fourth-order valence-corrected chi connectivity index (χ4v) is 3.33. The van der Waals surface area contributed by atoms with Crippen LogP contribution in [0.25, 0.3) is 0 Å². The van der Waals surface area contributed by atoms with Crippen LogP contribution in [0.5, 0.6) is 0 Å². The zero-order chi connectivity index (χ0) is 17.0. The van der Waals surface area contributed by atoms with Crippen molar-refractivity contribution in [1.29, 1.82) is 0 Å². The number of esters is 1. The summed E-state index contributed by atoms with van der Waals surface area (Å²) in [6.45, 7) is 2.13. The van der Waals surface area contributed by atoms with Crippen molar-refractivity contribution in [2.24, 2.45) is 5.89 Å². The van der Waals surface area contributed by atoms with E-state index in [1.54, 1.807) is 0 Å². The maximum atomic E-state index is 12.6. The molecule has 0 aliphatic carbocycles. The molecule has 2 aromatic carbocycles. The second-order valence-electron chi connectivity index (χ2n) is 6.11. The Morgan fingerprint density at radius 1 is 0.957 bits per heavy atom. The van der Waals surface area contributed by atoms with Gasteiger partial charge in [-0.25, -0.2) is 0 Å². The average Bonchev–Trinajstić information content (AvgIpc) is 2.88. The lowest BCUT2D eigenvalue weighted by Gasteiger charge is -2.22. The minimum atomic E-state index is -1.21. The van der Waals surface area contributed by atoms with Gasteiger partial charge in [0.1, 0.15) is 6.10 Å². The number of cyclic esters (lactones) is 1. The summed E-state index contributed by atoms with van der Waals surface area (Å²) >= 11 is 0. The number of rotatable bonds is 6. The molecule has 0 saturated carbocycles. The Kier molecular flexibility index (Phi) is 4.70. The van der Waals surface area contributed by atoms with Crippen LogP contribution in [-0.4, -0.2) is 5.97 Å². The molecule has 0 bridgehead atoms. The molecule has 0 amide bonds. The third-order valence-corrected chi connectivity index (χ3v) is 4.51. The Balaban J connectivity index is 2.00. The SMILES string of the molecule is [2H][C@]1(CCCCC)C(=O)O[C@@H](c2ccccc2)[C@H]1c1ccccc1. The van der Waals surface area contributed by atoms with E-state index < -0.39 is 5.89 Å². The molecule has 2 nitrogen and oxygen atoms in total. The number of benzene rings is 2. The Hall–Kier alpha value is -2.09. The van der Waals surface area contributed by atoms with Crippen molar-refractivity contribution >= 4 is 5.97 Å². The van der Waals surface area contributed by atoms with Crippen LogP contribution in [-0.2, 0) is 9.53 Å². The van der Waals surface area contributed by atoms with E-state index in [1.165, 1.54) is 0 Å². The van der Waals surface area contributed by atoms with Gasteiger partial charge in [-0.3, -0.25) is 4.79 Å². The van der Waals surface area contributed by atoms with Crippen molar-refractivity contribution in [3.05, 3.63) is 71.8 Å². The summed E-state index contributed by atoms with van der Waals surface area (Å²) in [5, 5.41) is 0. The van der Waals surface area contributed by atoms with Gasteiger partial charge in [0.2, 0.25) is 0 Å². The molecule has 0 aromatic heterocycles. The van der Waals surface area contributed by atoms with E-state index in [-0.39, 0.29) is 18.0 Å². The first kappa shape index (κ1) is 14.5. The number of hydrogen-bond acceptors (Lipinski definition) is 2. The lowest BCUT2D eigenvalue weighted by atomic mass is 9.79. The van der Waals surface area contributed by atoms with Gasteiger partial charge in [0.15, 0.2) is 0 Å². The molecule has 1 aliphatic heterocycles. The van der Waals surface area contributed by atoms with Crippen molar-refractivity contribution in [3.8, 4) is 0 Å². The minimum absolute atomic E-state index is 0.273. The molecule has 0 N–H and O–H groups in total. The van der Waals surface area contributed by atoms with Crippen LogP contribution >= 0.6 is 0 Å². The van der Waals surface area contributed by atoms with E-state index in [0.717, 1.165) is 30.4 Å². The van der Waals surface area contributed by atoms with Crippen molar-refractivity contribution in [2.75, 3.05) is 0 Å². The first-order valence-corrected chi connectivity index (χ1v) is 8.48. The predicted octanol–water partition coefficient (Wildman–Crippen LogP) is 5.26. The lowest BCUT2D eigenvalue weighted by molar-refractivity contribution is -0.144. The molecule has 120 valence electrons. The molecule has 2 heteroatoms. The molecule has 1 fully saturated rings. The first-order valence-electron chi connectivity index (χ1n) is 8.98. The van der Waals surface area contributed by atoms with Crippen LogP contribution in [0.1, 0.15) is 57.1 Å². The van der Waals surface area contributed by atoms with Gasteiger partial charge in [-0.15, -0.1) is 0 Å². The van der Waals surface area contributed by atoms with Crippen molar-refractivity contribution < 1.29 is 10.9 Å². The zero-order valence-corrected chi connectivity index (χ0v) is 13.6. The van der Waals surface area contributed by atoms with Crippen LogP contribution in [0, 0.1) is 5.89 Å². The van der Waals surface area contributed by atoms with Crippen LogP contribution in [0.15, 0.2) is 60.7 Å². The van der Waals surface area contributed by atoms with Gasteiger partial charge in [0, 0.05) is 7.29 Å². The van der Waals surface area contributed by atoms with Crippen molar-refractivity contribution in [3.63, 3.8) is 0 Å². The normalized spacial score (nSPS) is 27.5. The van der Waals surface area contributed by atoms with Gasteiger partial charge >= 0.3 is 5.97 Å². The fourth-order valence-electron chi connectivity index (χ4n) is 3.33. The third kappa shape index (κ3) is 3.47. The number of unbranched alkanes of at least 4 members (excludes halogenated alkanes) is 2. The smallest absolute Gasteiger partial charge is 0.310 e. The molecular formula is C21H24O2. The topological polar surface area (TPSA) is 26.3 Å². The number of hydrogen-bond donors (Lipinski definition) is 0. The Morgan fingerprint density at radius 2 is 1.57 bits per heavy atom. The molecule has 2 aromatic rings. The molecule has 3 rings (SSSR count). The summed E-state index contributed by atoms with van der Waals surface area (Å²) in [6, 6.07) is 19.7. The summed E-state index contributed by atoms with van der Waals surface area (Å²) in [4.78, 5) is 12.6. The highest BCUT2D eigenvalue weighted by molar-refractivity contribution is 5.77. The van der Waals surface area contributed by atoms with Crippen LogP contribution in [0.4, 0.5) is 0 Å². The third-order valence-electron chi connectivity index (χ3n) is 4.51. The Labute approximate surface area is 139 Å². The molecule has 3 atom stereocenters. The van der Waals surface area contributed by atoms with Gasteiger partial charge in [0.25, 0.3) is 0 Å². The van der Waals surface area contributed by atoms with Gasteiger partial charge in [-0.1, -0.05) is 86.8 Å². The van der Waals surface area contributed by atoms with E-state index in [4.69, 9.17) is 6.11 Å². The van der Waals surface area contributed by atoms with Crippen LogP contribution in [0.3, 0.4) is 0 Å². The molecule has 23 heavy (non-hydrogen) atoms. The largest absolute Gasteiger partial charge is 0.457 e. The first-order chi connectivity index (χ1) is 11.7. The predicted molar refractivity (Wildman–Crippen MR) is 92.1 cm³/mol. The number of ether oxygens (including phenoxy) is 1. The molecule has 1 saturated heterocycles. The lowest BCUT2D eigenvalue weighted by Crippen LogP contribution is -2.15. The van der Waals surface area contributed by atoms with E-state index in [9.17, 15) is 4.79 Å². The van der Waals surface area contributed by atoms with Gasteiger partial charge in [0.05, 0.1) is 5.89 Å². The van der Waals surface area contributed by atoms with E-state index in [2.05, 4.69) is 6.92 Å². The maximum absolute atomic E-state index is 12.6. The maximum Gasteiger partial charge on any atom is 0.310 e. The van der Waals surface area contributed by atoms with Gasteiger partial charge < -0.3 is 4.74 Å². The summed E-state index contributed by atoms with van der Waals surface area (Å²) in [7, 11) is 0. The highest BCUT2D eigenvalue weighted by Crippen LogP contribution is 2.47. The number of carbonyl (C=O) groups is 1. The molecule has 0 radical (unpaired) electrons. The van der Waals surface area contributed by atoms with Crippen molar-refractivity contribution in [2.45, 2.75) is 44.6 Å². The Morgan fingerprint density at radius 3 is 2.17 bits per heavy atom. The number of carbonyl (C=O) groups excluding carboxylic acids is 1. The summed E-state index contributed by atoms with van der Waals surface area (Å²) in [6.07, 6.45) is 3.14. The fraction of sp³-hybridized carbons (Fsp3) is 0.381. The molecule has 0 unspecified atom stereocenters. The molecule has 0 spiro atoms. The zero-order valence-electron chi connectivity index (χ0n) is 14.6. The monoisotopic (exact) mass is 309 g/mol. The van der Waals surface area contributed by atoms with Crippen molar-refractivity contribution in [1.82, 2.24) is 0 Å². The second kappa shape index (κ2) is 7.45. The summed E-state index contributed by atoms with van der Waals surface area (Å²) in [5.41, 5.74) is 1.97. The van der Waals surface area contributed by atoms with Gasteiger partial charge in [-0.05, 0) is 17.5 Å². The highest BCUT2D eigenvalue weighted by atomic mass is 16.6. The van der Waals surface area contributed by atoms with Crippen LogP contribution < -0.4 is 0 Å².